The second kappa shape index (κ2) is 9.76. The van der Waals surface area contributed by atoms with Crippen LogP contribution in [0.1, 0.15) is 28.0 Å². The summed E-state index contributed by atoms with van der Waals surface area (Å²) in [6, 6.07) is 15.8. The number of sulfone groups is 1. The minimum absolute atomic E-state index is 0.123. The number of fused-ring (bicyclic) bond motifs is 1. The summed E-state index contributed by atoms with van der Waals surface area (Å²) in [7, 11) is -3.45. The molecule has 1 aromatic carbocycles. The van der Waals surface area contributed by atoms with Gasteiger partial charge in [-0.05, 0) is 61.4 Å². The Bertz CT molecular complexity index is 1780. The highest BCUT2D eigenvalue weighted by molar-refractivity contribution is 7.90. The van der Waals surface area contributed by atoms with E-state index in [0.29, 0.717) is 40.5 Å². The van der Waals surface area contributed by atoms with Crippen molar-refractivity contribution < 1.29 is 18.0 Å². The van der Waals surface area contributed by atoms with Gasteiger partial charge in [0.05, 0.1) is 39.5 Å². The minimum Gasteiger partial charge on any atom is -0.346 e. The average Bonchev–Trinajstić information content (AvgIpc) is 3.28. The average molecular weight is 557 g/mol. The maximum absolute atomic E-state index is 13.0. The number of aryl methyl sites for hydroxylation is 1. The number of carbonyl (C=O) groups excluding carboxylic acids is 2. The molecule has 2 aliphatic rings. The van der Waals surface area contributed by atoms with E-state index in [9.17, 15) is 18.0 Å². The molecule has 11 heteroatoms. The highest BCUT2D eigenvalue weighted by Crippen LogP contribution is 2.37. The zero-order valence-electron chi connectivity index (χ0n) is 22.1. The third-order valence-corrected chi connectivity index (χ3v) is 8.86. The summed E-state index contributed by atoms with van der Waals surface area (Å²) in [6.07, 6.45) is 3.64. The van der Waals surface area contributed by atoms with Gasteiger partial charge in [-0.1, -0.05) is 12.1 Å². The molecule has 2 aliphatic heterocycles. The zero-order valence-corrected chi connectivity index (χ0v) is 23.0. The number of aromatic nitrogens is 3. The van der Waals surface area contributed by atoms with Gasteiger partial charge in [0.2, 0.25) is 5.91 Å². The molecule has 5 heterocycles. The van der Waals surface area contributed by atoms with Crippen LogP contribution in [0.2, 0.25) is 0 Å². The third kappa shape index (κ3) is 4.71. The van der Waals surface area contributed by atoms with E-state index in [1.54, 1.807) is 36.2 Å². The van der Waals surface area contributed by atoms with E-state index in [4.69, 9.17) is 9.97 Å². The Labute approximate surface area is 231 Å². The summed E-state index contributed by atoms with van der Waals surface area (Å²) in [6.45, 7) is 3.93. The topological polar surface area (TPSA) is 134 Å². The standard InChI is InChI=1S/C29H28N6O4S/c1-18-6-7-19(12-25(18)40(2,38)39)27(36)32-15-21-13-24-20(14-31-21)8-9-23(33-24)22-4-3-5-26(34-22)35-11-10-29(28(35)37)16-30-17-29/h3-9,12-14,30H,10-11,15-17H2,1-2H3,(H,32,36). The van der Waals surface area contributed by atoms with Gasteiger partial charge in [-0.15, -0.1) is 0 Å². The molecule has 2 saturated heterocycles. The minimum atomic E-state index is -3.45. The van der Waals surface area contributed by atoms with Gasteiger partial charge in [-0.2, -0.15) is 0 Å². The Morgan fingerprint density at radius 2 is 1.88 bits per heavy atom. The van der Waals surface area contributed by atoms with Crippen LogP contribution in [0.3, 0.4) is 0 Å². The molecule has 4 aromatic rings. The van der Waals surface area contributed by atoms with E-state index in [1.807, 2.05) is 30.3 Å². The second-order valence-corrected chi connectivity index (χ2v) is 12.5. The first kappa shape index (κ1) is 26.0. The smallest absolute Gasteiger partial charge is 0.251 e. The van der Waals surface area contributed by atoms with Crippen LogP contribution in [0.5, 0.6) is 0 Å². The number of carbonyl (C=O) groups is 2. The molecule has 40 heavy (non-hydrogen) atoms. The van der Waals surface area contributed by atoms with Crippen molar-refractivity contribution in [2.75, 3.05) is 30.8 Å². The van der Waals surface area contributed by atoms with Crippen molar-refractivity contribution in [2.45, 2.75) is 24.8 Å². The Kier molecular flexibility index (Phi) is 6.35. The normalized spacial score (nSPS) is 16.4. The molecule has 0 bridgehead atoms. The SMILES string of the molecule is Cc1ccc(C(=O)NCc2cc3nc(-c4cccc(N5CCC6(CNC6)C5=O)n4)ccc3cn2)cc1S(C)(=O)=O. The van der Waals surface area contributed by atoms with Crippen LogP contribution in [-0.2, 0) is 21.2 Å². The van der Waals surface area contributed by atoms with Crippen LogP contribution < -0.4 is 15.5 Å². The van der Waals surface area contributed by atoms with Crippen LogP contribution in [0.15, 0.2) is 65.7 Å². The molecule has 10 nitrogen and oxygen atoms in total. The molecular weight excluding hydrogens is 528 g/mol. The quantitative estimate of drug-likeness (QED) is 0.370. The molecule has 0 radical (unpaired) electrons. The van der Waals surface area contributed by atoms with Gasteiger partial charge in [0.1, 0.15) is 5.82 Å². The van der Waals surface area contributed by atoms with Crippen LogP contribution in [0.4, 0.5) is 5.82 Å². The van der Waals surface area contributed by atoms with E-state index in [0.717, 1.165) is 31.2 Å². The van der Waals surface area contributed by atoms with Gasteiger partial charge in [0.15, 0.2) is 9.84 Å². The second-order valence-electron chi connectivity index (χ2n) is 10.5. The van der Waals surface area contributed by atoms with E-state index >= 15 is 0 Å². The van der Waals surface area contributed by atoms with Gasteiger partial charge in [0.25, 0.3) is 5.91 Å². The number of nitrogens with one attached hydrogen (secondary N) is 2. The van der Waals surface area contributed by atoms with Crippen molar-refractivity contribution in [3.05, 3.63) is 77.6 Å². The molecule has 1 spiro atoms. The van der Waals surface area contributed by atoms with Crippen LogP contribution in [-0.4, -0.2) is 61.1 Å². The largest absolute Gasteiger partial charge is 0.346 e. The molecule has 6 rings (SSSR count). The highest BCUT2D eigenvalue weighted by atomic mass is 32.2. The lowest BCUT2D eigenvalue weighted by Gasteiger charge is -2.36. The number of anilines is 1. The summed E-state index contributed by atoms with van der Waals surface area (Å²) in [4.78, 5) is 41.6. The first-order valence-electron chi connectivity index (χ1n) is 13.0. The van der Waals surface area contributed by atoms with Gasteiger partial charge in [-0.25, -0.2) is 18.4 Å². The molecule has 2 N–H and O–H groups in total. The van der Waals surface area contributed by atoms with E-state index in [-0.39, 0.29) is 28.3 Å². The maximum Gasteiger partial charge on any atom is 0.251 e. The van der Waals surface area contributed by atoms with E-state index < -0.39 is 15.7 Å². The van der Waals surface area contributed by atoms with E-state index in [1.165, 1.54) is 6.07 Å². The summed E-state index contributed by atoms with van der Waals surface area (Å²) in [5.74, 6) is 0.352. The van der Waals surface area contributed by atoms with Crippen LogP contribution in [0.25, 0.3) is 22.3 Å². The molecule has 2 amide bonds. The molecule has 0 unspecified atom stereocenters. The van der Waals surface area contributed by atoms with Crippen molar-refractivity contribution in [1.82, 2.24) is 25.6 Å². The summed E-state index contributed by atoms with van der Waals surface area (Å²) < 4.78 is 24.1. The fourth-order valence-electron chi connectivity index (χ4n) is 5.22. The molecule has 0 atom stereocenters. The lowest BCUT2D eigenvalue weighted by atomic mass is 9.80. The van der Waals surface area contributed by atoms with Crippen molar-refractivity contribution in [1.29, 1.82) is 0 Å². The number of hydrogen-bond donors (Lipinski definition) is 2. The number of benzene rings is 1. The number of pyridine rings is 3. The Balaban J connectivity index is 1.20. The fourth-order valence-corrected chi connectivity index (χ4v) is 6.22. The predicted molar refractivity (Wildman–Crippen MR) is 151 cm³/mol. The first-order chi connectivity index (χ1) is 19.1. The van der Waals surface area contributed by atoms with Crippen molar-refractivity contribution >= 4 is 38.4 Å². The van der Waals surface area contributed by atoms with Crippen LogP contribution >= 0.6 is 0 Å². The zero-order chi connectivity index (χ0) is 28.1. The molecule has 204 valence electrons. The highest BCUT2D eigenvalue weighted by Gasteiger charge is 2.51. The molecule has 2 fully saturated rings. The first-order valence-corrected chi connectivity index (χ1v) is 14.9. The van der Waals surface area contributed by atoms with Gasteiger partial charge in [0, 0.05) is 43.0 Å². The molecule has 0 aliphatic carbocycles. The van der Waals surface area contributed by atoms with Crippen molar-refractivity contribution in [3.8, 4) is 11.4 Å². The fraction of sp³-hybridized carbons (Fsp3) is 0.276. The summed E-state index contributed by atoms with van der Waals surface area (Å²) in [5, 5.41) is 6.85. The summed E-state index contributed by atoms with van der Waals surface area (Å²) >= 11 is 0. The monoisotopic (exact) mass is 556 g/mol. The van der Waals surface area contributed by atoms with E-state index in [2.05, 4.69) is 15.6 Å². The lowest BCUT2D eigenvalue weighted by molar-refractivity contribution is -0.127. The lowest BCUT2D eigenvalue weighted by Crippen LogP contribution is -2.57. The predicted octanol–water partition coefficient (Wildman–Crippen LogP) is 2.66. The van der Waals surface area contributed by atoms with Gasteiger partial charge >= 0.3 is 0 Å². The third-order valence-electron chi connectivity index (χ3n) is 7.62. The Morgan fingerprint density at radius 3 is 2.60 bits per heavy atom. The van der Waals surface area contributed by atoms with Gasteiger partial charge < -0.3 is 10.6 Å². The Hall–Kier alpha value is -4.22. The maximum atomic E-state index is 13.0. The van der Waals surface area contributed by atoms with Crippen LogP contribution in [0, 0.1) is 12.3 Å². The molecule has 0 saturated carbocycles. The van der Waals surface area contributed by atoms with Crippen molar-refractivity contribution in [2.24, 2.45) is 5.41 Å². The Morgan fingerprint density at radius 1 is 1.07 bits per heavy atom. The molecular formula is C29H28N6O4S. The summed E-state index contributed by atoms with van der Waals surface area (Å²) in [5.41, 5.74) is 3.17. The number of hydrogen-bond acceptors (Lipinski definition) is 8. The van der Waals surface area contributed by atoms with Crippen molar-refractivity contribution in [3.63, 3.8) is 0 Å². The number of nitrogens with zero attached hydrogens (tertiary/aromatic N) is 4. The number of rotatable bonds is 6. The molecule has 3 aromatic heterocycles. The number of amides is 2. The van der Waals surface area contributed by atoms with Gasteiger partial charge in [-0.3, -0.25) is 19.5 Å².